The molecule has 180 valence electrons. The van der Waals surface area contributed by atoms with Gasteiger partial charge in [-0.25, -0.2) is 0 Å². The number of nitrogens with one attached hydrogen (secondary N) is 1. The second-order valence-electron chi connectivity index (χ2n) is 9.12. The van der Waals surface area contributed by atoms with E-state index in [0.29, 0.717) is 37.5 Å². The van der Waals surface area contributed by atoms with Crippen LogP contribution in [0.1, 0.15) is 42.1 Å². The molecule has 1 unspecified atom stereocenters. The Kier molecular flexibility index (Phi) is 9.20. The van der Waals surface area contributed by atoms with Gasteiger partial charge in [-0.15, -0.1) is 0 Å². The molecule has 0 saturated carbocycles. The van der Waals surface area contributed by atoms with Crippen molar-refractivity contribution in [2.75, 3.05) is 45.9 Å². The quantitative estimate of drug-likeness (QED) is 0.559. The molecule has 0 aliphatic carbocycles. The number of amides is 2. The summed E-state index contributed by atoms with van der Waals surface area (Å²) in [6, 6.07) is 17.5. The van der Waals surface area contributed by atoms with Gasteiger partial charge in [-0.2, -0.15) is 5.26 Å². The normalized spacial score (nSPS) is 15.1. The smallest absolute Gasteiger partial charge is 0.253 e. The van der Waals surface area contributed by atoms with Gasteiger partial charge in [0.05, 0.1) is 18.6 Å². The van der Waals surface area contributed by atoms with Crippen molar-refractivity contribution in [3.63, 3.8) is 0 Å². The van der Waals surface area contributed by atoms with Gasteiger partial charge < -0.3 is 15.3 Å². The van der Waals surface area contributed by atoms with Gasteiger partial charge in [0.2, 0.25) is 5.91 Å². The van der Waals surface area contributed by atoms with Crippen LogP contribution in [-0.4, -0.2) is 72.6 Å². The lowest BCUT2D eigenvalue weighted by atomic mass is 9.87. The summed E-state index contributed by atoms with van der Waals surface area (Å²) in [6.45, 7) is 7.73. The topological polar surface area (TPSA) is 96.7 Å². The Morgan fingerprint density at radius 2 is 1.74 bits per heavy atom. The molecule has 1 atom stereocenters. The Hall–Kier alpha value is -3.21. The Morgan fingerprint density at radius 1 is 1.06 bits per heavy atom. The summed E-state index contributed by atoms with van der Waals surface area (Å²) in [7, 11) is 0. The third-order valence-electron chi connectivity index (χ3n) is 6.17. The van der Waals surface area contributed by atoms with Crippen LogP contribution in [0.25, 0.3) is 11.1 Å². The highest BCUT2D eigenvalue weighted by atomic mass is 16.3. The molecule has 1 fully saturated rings. The molecule has 34 heavy (non-hydrogen) atoms. The third-order valence-corrected chi connectivity index (χ3v) is 6.17. The summed E-state index contributed by atoms with van der Waals surface area (Å²) in [5.74, 6) is -0.152. The number of aliphatic hydroxyl groups is 1. The molecule has 1 saturated heterocycles. The SMILES string of the molecule is CC(C)CC(C(=O)NCC#N)c1cccc(-c2cccc(C(=O)N3CCN(CCO)CC3)c2)c1. The predicted octanol–water partition coefficient (Wildman–Crippen LogP) is 2.87. The number of rotatable bonds is 9. The second-order valence-corrected chi connectivity index (χ2v) is 9.12. The molecule has 2 N–H and O–H groups in total. The van der Waals surface area contributed by atoms with E-state index in [2.05, 4.69) is 24.1 Å². The minimum atomic E-state index is -0.340. The predicted molar refractivity (Wildman–Crippen MR) is 132 cm³/mol. The molecule has 2 amide bonds. The van der Waals surface area contributed by atoms with E-state index >= 15 is 0 Å². The van der Waals surface area contributed by atoms with Crippen molar-refractivity contribution in [3.05, 3.63) is 59.7 Å². The summed E-state index contributed by atoms with van der Waals surface area (Å²) >= 11 is 0. The number of hydrogen-bond acceptors (Lipinski definition) is 5. The highest BCUT2D eigenvalue weighted by molar-refractivity contribution is 5.95. The van der Waals surface area contributed by atoms with Crippen LogP contribution >= 0.6 is 0 Å². The molecular formula is C27H34N4O3. The van der Waals surface area contributed by atoms with Crippen molar-refractivity contribution in [1.82, 2.24) is 15.1 Å². The molecular weight excluding hydrogens is 428 g/mol. The van der Waals surface area contributed by atoms with Crippen molar-refractivity contribution >= 4 is 11.8 Å². The molecule has 1 aliphatic rings. The van der Waals surface area contributed by atoms with Crippen LogP contribution in [0.15, 0.2) is 48.5 Å². The zero-order chi connectivity index (χ0) is 24.5. The first-order valence-electron chi connectivity index (χ1n) is 11.9. The maximum absolute atomic E-state index is 13.1. The summed E-state index contributed by atoms with van der Waals surface area (Å²) < 4.78 is 0. The molecule has 0 spiro atoms. The number of benzene rings is 2. The van der Waals surface area contributed by atoms with E-state index in [1.165, 1.54) is 0 Å². The van der Waals surface area contributed by atoms with Crippen molar-refractivity contribution in [2.45, 2.75) is 26.2 Å². The van der Waals surface area contributed by atoms with E-state index in [1.54, 1.807) is 0 Å². The monoisotopic (exact) mass is 462 g/mol. The number of carbonyl (C=O) groups is 2. The van der Waals surface area contributed by atoms with E-state index in [-0.39, 0.29) is 30.9 Å². The highest BCUT2D eigenvalue weighted by Crippen LogP contribution is 2.29. The molecule has 7 nitrogen and oxygen atoms in total. The van der Waals surface area contributed by atoms with Crippen LogP contribution in [0, 0.1) is 17.2 Å². The van der Waals surface area contributed by atoms with Crippen molar-refractivity contribution in [1.29, 1.82) is 5.26 Å². The number of nitriles is 1. The average molecular weight is 463 g/mol. The molecule has 0 aromatic heterocycles. The van der Waals surface area contributed by atoms with Crippen LogP contribution in [0.5, 0.6) is 0 Å². The Labute approximate surface area is 202 Å². The third kappa shape index (κ3) is 6.66. The minimum Gasteiger partial charge on any atom is -0.395 e. The number of nitrogens with zero attached hydrogens (tertiary/aromatic N) is 3. The van der Waals surface area contributed by atoms with E-state index < -0.39 is 0 Å². The number of aliphatic hydroxyl groups excluding tert-OH is 1. The maximum atomic E-state index is 13.1. The van der Waals surface area contributed by atoms with Crippen LogP contribution in [0.2, 0.25) is 0 Å². The zero-order valence-corrected chi connectivity index (χ0v) is 20.0. The lowest BCUT2D eigenvalue weighted by molar-refractivity contribution is -0.122. The largest absolute Gasteiger partial charge is 0.395 e. The van der Waals surface area contributed by atoms with Crippen molar-refractivity contribution in [3.8, 4) is 17.2 Å². The molecule has 7 heteroatoms. The molecule has 0 radical (unpaired) electrons. The van der Waals surface area contributed by atoms with Gasteiger partial charge in [0.25, 0.3) is 5.91 Å². The summed E-state index contributed by atoms with van der Waals surface area (Å²) in [4.78, 5) is 29.9. The van der Waals surface area contributed by atoms with E-state index in [9.17, 15) is 9.59 Å². The second kappa shape index (κ2) is 12.3. The molecule has 3 rings (SSSR count). The van der Waals surface area contributed by atoms with Gasteiger partial charge in [-0.1, -0.05) is 50.2 Å². The average Bonchev–Trinajstić information content (AvgIpc) is 2.86. The van der Waals surface area contributed by atoms with Crippen LogP contribution in [-0.2, 0) is 4.79 Å². The molecule has 1 heterocycles. The fourth-order valence-corrected chi connectivity index (χ4v) is 4.38. The molecule has 2 aromatic rings. The Morgan fingerprint density at radius 3 is 2.38 bits per heavy atom. The lowest BCUT2D eigenvalue weighted by Crippen LogP contribution is -2.49. The number of β-amino-alcohol motifs (C(OH)–C–C–N with tert-alkyl or cyclic N) is 1. The number of carbonyl (C=O) groups excluding carboxylic acids is 2. The first-order chi connectivity index (χ1) is 16.4. The first-order valence-corrected chi connectivity index (χ1v) is 11.9. The minimum absolute atomic E-state index is 0.00840. The molecule has 1 aliphatic heterocycles. The van der Waals surface area contributed by atoms with Gasteiger partial charge in [0.15, 0.2) is 0 Å². The zero-order valence-electron chi connectivity index (χ0n) is 20.0. The van der Waals surface area contributed by atoms with E-state index in [4.69, 9.17) is 10.4 Å². The maximum Gasteiger partial charge on any atom is 0.253 e. The van der Waals surface area contributed by atoms with Crippen LogP contribution in [0.3, 0.4) is 0 Å². The van der Waals surface area contributed by atoms with Gasteiger partial charge >= 0.3 is 0 Å². The van der Waals surface area contributed by atoms with Gasteiger partial charge in [-0.05, 0) is 41.2 Å². The summed E-state index contributed by atoms with van der Waals surface area (Å²) in [6.07, 6.45) is 0.682. The van der Waals surface area contributed by atoms with Gasteiger partial charge in [0, 0.05) is 38.3 Å². The standard InChI is InChI=1S/C27H34N4O3/c1-20(2)17-25(26(33)29-10-9-28)23-7-3-5-21(18-23)22-6-4-8-24(19-22)27(34)31-13-11-30(12-14-31)15-16-32/h3-8,18-20,25,32H,10-17H2,1-2H3,(H,29,33). The fourth-order valence-electron chi connectivity index (χ4n) is 4.38. The lowest BCUT2D eigenvalue weighted by Gasteiger charge is -2.34. The number of piperazine rings is 1. The van der Waals surface area contributed by atoms with E-state index in [0.717, 1.165) is 29.8 Å². The molecule has 0 bridgehead atoms. The van der Waals surface area contributed by atoms with Crippen molar-refractivity contribution in [2.24, 2.45) is 5.92 Å². The van der Waals surface area contributed by atoms with Crippen LogP contribution < -0.4 is 5.32 Å². The van der Waals surface area contributed by atoms with Crippen LogP contribution in [0.4, 0.5) is 0 Å². The highest BCUT2D eigenvalue weighted by Gasteiger charge is 2.23. The Balaban J connectivity index is 1.80. The van der Waals surface area contributed by atoms with Gasteiger partial charge in [-0.3, -0.25) is 14.5 Å². The van der Waals surface area contributed by atoms with Crippen molar-refractivity contribution < 1.29 is 14.7 Å². The summed E-state index contributed by atoms with van der Waals surface area (Å²) in [5, 5.41) is 20.7. The summed E-state index contributed by atoms with van der Waals surface area (Å²) in [5.41, 5.74) is 3.41. The fraction of sp³-hybridized carbons (Fsp3) is 0.444. The molecule has 2 aromatic carbocycles. The van der Waals surface area contributed by atoms with Gasteiger partial charge in [0.1, 0.15) is 6.54 Å². The first kappa shape index (κ1) is 25.4. The van der Waals surface area contributed by atoms with E-state index in [1.807, 2.05) is 59.5 Å². The Bertz CT molecular complexity index is 1020. The number of hydrogen-bond donors (Lipinski definition) is 2.